The monoisotopic (exact) mass is 503 g/mol. The first-order valence-electron chi connectivity index (χ1n) is 8.09. The van der Waals surface area contributed by atoms with E-state index in [1.807, 2.05) is 0 Å². The number of quaternary nitrogens is 1. The number of rotatable bonds is 12. The molecular formula is C16H36Cl2INZn. The molecule has 0 atom stereocenters. The molecule has 0 aliphatic heterocycles. The van der Waals surface area contributed by atoms with Crippen molar-refractivity contribution in [1.29, 1.82) is 0 Å². The number of halogens is 3. The fraction of sp³-hybridized carbons (Fsp3) is 1.00. The van der Waals surface area contributed by atoms with E-state index in [-0.39, 0.29) is 68.3 Å². The van der Waals surface area contributed by atoms with Crippen LogP contribution in [0.4, 0.5) is 0 Å². The van der Waals surface area contributed by atoms with Gasteiger partial charge in [0.2, 0.25) is 0 Å². The second-order valence-electron chi connectivity index (χ2n) is 5.65. The average molecular weight is 506 g/mol. The third-order valence-electron chi connectivity index (χ3n) is 3.94. The van der Waals surface area contributed by atoms with E-state index in [1.54, 1.807) is 0 Å². The van der Waals surface area contributed by atoms with Gasteiger partial charge < -0.3 is 53.3 Å². The van der Waals surface area contributed by atoms with Gasteiger partial charge in [0.25, 0.3) is 0 Å². The SMILES string of the molecule is CCCC[N+](CCCC)(CCCC)CCCC.[Cl-].[Cl-].[I-].[Zn+2]. The van der Waals surface area contributed by atoms with Crippen LogP contribution >= 0.6 is 0 Å². The molecule has 0 saturated heterocycles. The summed E-state index contributed by atoms with van der Waals surface area (Å²) in [5, 5.41) is 0. The van der Waals surface area contributed by atoms with Gasteiger partial charge in [0.1, 0.15) is 0 Å². The van der Waals surface area contributed by atoms with Crippen LogP contribution in [0.1, 0.15) is 79.1 Å². The van der Waals surface area contributed by atoms with Crippen molar-refractivity contribution < 1.29 is 72.8 Å². The summed E-state index contributed by atoms with van der Waals surface area (Å²) in [5.41, 5.74) is 0. The average Bonchev–Trinajstić information content (AvgIpc) is 2.37. The van der Waals surface area contributed by atoms with Crippen LogP contribution in [0.15, 0.2) is 0 Å². The Morgan fingerprint density at radius 1 is 0.524 bits per heavy atom. The largest absolute Gasteiger partial charge is 2.00 e. The van der Waals surface area contributed by atoms with Gasteiger partial charge in [-0.1, -0.05) is 53.4 Å². The summed E-state index contributed by atoms with van der Waals surface area (Å²) in [6.45, 7) is 15.0. The van der Waals surface area contributed by atoms with E-state index in [4.69, 9.17) is 0 Å². The molecule has 0 aromatic heterocycles. The predicted octanol–water partition coefficient (Wildman–Crippen LogP) is -3.99. The minimum atomic E-state index is 0. The van der Waals surface area contributed by atoms with Crippen molar-refractivity contribution in [3.05, 3.63) is 0 Å². The third-order valence-corrected chi connectivity index (χ3v) is 3.94. The molecule has 0 amide bonds. The molecule has 0 unspecified atom stereocenters. The van der Waals surface area contributed by atoms with Gasteiger partial charge in [-0.05, 0) is 25.7 Å². The summed E-state index contributed by atoms with van der Waals surface area (Å²) in [7, 11) is 0. The van der Waals surface area contributed by atoms with Crippen LogP contribution in [0.25, 0.3) is 0 Å². The minimum absolute atomic E-state index is 0. The fourth-order valence-electron chi connectivity index (χ4n) is 2.64. The summed E-state index contributed by atoms with van der Waals surface area (Å²) in [6.07, 6.45) is 11.1. The number of nitrogens with zero attached hydrogens (tertiary/aromatic N) is 1. The Hall–Kier alpha value is 1.89. The molecule has 0 spiro atoms. The first-order chi connectivity index (χ1) is 8.24. The van der Waals surface area contributed by atoms with E-state index in [0.717, 1.165) is 0 Å². The maximum absolute atomic E-state index is 2.33. The number of hydrogen-bond acceptors (Lipinski definition) is 0. The summed E-state index contributed by atoms with van der Waals surface area (Å²) in [5.74, 6) is 0. The van der Waals surface area contributed by atoms with Crippen molar-refractivity contribution in [2.45, 2.75) is 79.1 Å². The van der Waals surface area contributed by atoms with Crippen LogP contribution in [0.3, 0.4) is 0 Å². The second kappa shape index (κ2) is 24.1. The quantitative estimate of drug-likeness (QED) is 0.144. The van der Waals surface area contributed by atoms with Crippen LogP contribution in [-0.4, -0.2) is 30.7 Å². The molecule has 0 saturated carbocycles. The molecule has 0 bridgehead atoms. The van der Waals surface area contributed by atoms with Crippen molar-refractivity contribution in [1.82, 2.24) is 0 Å². The van der Waals surface area contributed by atoms with Gasteiger partial charge in [0.05, 0.1) is 26.2 Å². The molecule has 5 heteroatoms. The molecule has 0 rings (SSSR count). The summed E-state index contributed by atoms with van der Waals surface area (Å²) >= 11 is 0. The predicted molar refractivity (Wildman–Crippen MR) is 79.4 cm³/mol. The molecule has 0 radical (unpaired) electrons. The van der Waals surface area contributed by atoms with Crippen LogP contribution < -0.4 is 48.8 Å². The summed E-state index contributed by atoms with van der Waals surface area (Å²) < 4.78 is 1.42. The molecule has 0 heterocycles. The van der Waals surface area contributed by atoms with Crippen LogP contribution in [0.2, 0.25) is 0 Å². The zero-order chi connectivity index (χ0) is 13.0. The zero-order valence-electron chi connectivity index (χ0n) is 14.8. The maximum atomic E-state index is 2.33. The Labute approximate surface area is 177 Å². The van der Waals surface area contributed by atoms with Gasteiger partial charge in [-0.2, -0.15) is 0 Å². The Bertz CT molecular complexity index is 137. The summed E-state index contributed by atoms with van der Waals surface area (Å²) in [4.78, 5) is 0. The second-order valence-corrected chi connectivity index (χ2v) is 5.65. The number of hydrogen-bond donors (Lipinski definition) is 0. The number of unbranched alkanes of at least 4 members (excludes halogenated alkanes) is 4. The first-order valence-corrected chi connectivity index (χ1v) is 8.09. The molecule has 1 nitrogen and oxygen atoms in total. The maximum Gasteiger partial charge on any atom is 2.00 e. The Morgan fingerprint density at radius 3 is 0.857 bits per heavy atom. The van der Waals surface area contributed by atoms with Crippen LogP contribution in [0.5, 0.6) is 0 Å². The molecule has 0 aliphatic carbocycles. The molecule has 0 fully saturated rings. The molecule has 0 aromatic rings. The Morgan fingerprint density at radius 2 is 0.714 bits per heavy atom. The molecule has 0 aliphatic rings. The molecular weight excluding hydrogens is 469 g/mol. The molecule has 0 N–H and O–H groups in total. The van der Waals surface area contributed by atoms with Gasteiger partial charge >= 0.3 is 19.5 Å². The molecule has 128 valence electrons. The first kappa shape index (κ1) is 34.3. The van der Waals surface area contributed by atoms with Crippen molar-refractivity contribution in [3.63, 3.8) is 0 Å². The standard InChI is InChI=1S/C16H36N.2ClH.HI.Zn/c1-5-9-13-17(14-10-6-2,15-11-7-3)16-12-8-4;;;;/h5-16H2,1-4H3;3*1H;/q+1;;;;+2/p-3. The van der Waals surface area contributed by atoms with Crippen molar-refractivity contribution in [2.75, 3.05) is 26.2 Å². The van der Waals surface area contributed by atoms with E-state index in [2.05, 4.69) is 27.7 Å². The van der Waals surface area contributed by atoms with Gasteiger partial charge in [-0.3, -0.25) is 0 Å². The third kappa shape index (κ3) is 18.1. The van der Waals surface area contributed by atoms with E-state index in [9.17, 15) is 0 Å². The zero-order valence-corrected chi connectivity index (χ0v) is 21.4. The topological polar surface area (TPSA) is 0 Å². The van der Waals surface area contributed by atoms with Gasteiger partial charge in [-0.15, -0.1) is 0 Å². The smallest absolute Gasteiger partial charge is 1.00 e. The van der Waals surface area contributed by atoms with Gasteiger partial charge in [-0.25, -0.2) is 0 Å². The van der Waals surface area contributed by atoms with Crippen molar-refractivity contribution in [3.8, 4) is 0 Å². The van der Waals surface area contributed by atoms with Crippen molar-refractivity contribution >= 4 is 0 Å². The fourth-order valence-corrected chi connectivity index (χ4v) is 2.64. The van der Waals surface area contributed by atoms with E-state index in [0.29, 0.717) is 0 Å². The molecule has 21 heavy (non-hydrogen) atoms. The van der Waals surface area contributed by atoms with E-state index >= 15 is 0 Å². The van der Waals surface area contributed by atoms with E-state index in [1.165, 1.54) is 82.0 Å². The Kier molecular flexibility index (Phi) is 39.4. The molecule has 0 aromatic carbocycles. The normalized spacial score (nSPS) is 9.71. The van der Waals surface area contributed by atoms with E-state index < -0.39 is 0 Å². The summed E-state index contributed by atoms with van der Waals surface area (Å²) in [6, 6.07) is 0. The van der Waals surface area contributed by atoms with Crippen LogP contribution in [0, 0.1) is 0 Å². The minimum Gasteiger partial charge on any atom is -1.00 e. The van der Waals surface area contributed by atoms with Gasteiger partial charge in [0, 0.05) is 0 Å². The van der Waals surface area contributed by atoms with Gasteiger partial charge in [0.15, 0.2) is 0 Å². The Balaban J connectivity index is -0.000000213. The van der Waals surface area contributed by atoms with Crippen LogP contribution in [-0.2, 0) is 19.5 Å². The van der Waals surface area contributed by atoms with Crippen molar-refractivity contribution in [2.24, 2.45) is 0 Å².